The fourth-order valence-corrected chi connectivity index (χ4v) is 2.78. The monoisotopic (exact) mass is 399 g/mol. The molecule has 0 spiro atoms. The van der Waals surface area contributed by atoms with Crippen LogP contribution in [-0.2, 0) is 4.79 Å². The van der Waals surface area contributed by atoms with Gasteiger partial charge in [-0.2, -0.15) is 0 Å². The van der Waals surface area contributed by atoms with Gasteiger partial charge >= 0.3 is 0 Å². The van der Waals surface area contributed by atoms with E-state index in [0.717, 1.165) is 25.0 Å². The lowest BCUT2D eigenvalue weighted by Gasteiger charge is -2.11. The van der Waals surface area contributed by atoms with Crippen LogP contribution in [0, 0.1) is 5.92 Å². The Hall–Kier alpha value is -2.02. The number of nitrogens with one attached hydrogen (secondary N) is 1. The van der Waals surface area contributed by atoms with Crippen molar-refractivity contribution < 1.29 is 14.3 Å². The summed E-state index contributed by atoms with van der Waals surface area (Å²) in [6, 6.07) is 10.9. The molecule has 6 nitrogen and oxygen atoms in total. The molecule has 1 aromatic carbocycles. The number of hydrogen-bond donors (Lipinski definition) is 2. The Morgan fingerprint density at radius 2 is 1.81 bits per heavy atom. The van der Waals surface area contributed by atoms with Gasteiger partial charge in [-0.1, -0.05) is 0 Å². The number of aromatic nitrogens is 1. The van der Waals surface area contributed by atoms with Crippen LogP contribution in [0.15, 0.2) is 42.6 Å². The van der Waals surface area contributed by atoms with E-state index in [4.69, 9.17) is 15.2 Å². The van der Waals surface area contributed by atoms with Gasteiger partial charge in [-0.3, -0.25) is 4.79 Å². The fourth-order valence-electron chi connectivity index (χ4n) is 2.78. The van der Waals surface area contributed by atoms with Crippen LogP contribution in [0.1, 0.15) is 19.3 Å². The number of hydrogen-bond acceptors (Lipinski definition) is 5. The molecule has 2 unspecified atom stereocenters. The summed E-state index contributed by atoms with van der Waals surface area (Å²) in [6.07, 6.45) is 4.09. The third-order valence-corrected chi connectivity index (χ3v) is 4.13. The van der Waals surface area contributed by atoms with Crippen LogP contribution in [0.3, 0.4) is 0 Å². The number of rotatable bonds is 5. The van der Waals surface area contributed by atoms with Gasteiger partial charge in [0.15, 0.2) is 0 Å². The van der Waals surface area contributed by atoms with Gasteiger partial charge in [-0.05, 0) is 49.6 Å². The predicted octanol–water partition coefficient (Wildman–Crippen LogP) is 3.79. The lowest BCUT2D eigenvalue weighted by atomic mass is 10.1. The summed E-state index contributed by atoms with van der Waals surface area (Å²) < 4.78 is 10.8. The van der Waals surface area contributed by atoms with Crippen molar-refractivity contribution in [2.75, 3.05) is 12.4 Å². The normalized spacial score (nSPS) is 18.2. The van der Waals surface area contributed by atoms with Crippen LogP contribution in [-0.4, -0.2) is 24.0 Å². The largest absolute Gasteiger partial charge is 0.497 e. The molecule has 1 fully saturated rings. The number of nitrogens with zero attached hydrogens (tertiary/aromatic N) is 1. The maximum Gasteiger partial charge on any atom is 0.227 e. The average molecular weight is 400 g/mol. The summed E-state index contributed by atoms with van der Waals surface area (Å²) in [4.78, 5) is 16.4. The molecule has 8 heteroatoms. The van der Waals surface area contributed by atoms with E-state index in [1.807, 2.05) is 12.1 Å². The molecule has 0 aliphatic heterocycles. The molecule has 1 saturated carbocycles. The van der Waals surface area contributed by atoms with Crippen molar-refractivity contribution >= 4 is 36.4 Å². The summed E-state index contributed by atoms with van der Waals surface area (Å²) in [5.41, 5.74) is 6.51. The first-order chi connectivity index (χ1) is 11.6. The van der Waals surface area contributed by atoms with Gasteiger partial charge in [-0.25, -0.2) is 4.98 Å². The second kappa shape index (κ2) is 10.2. The number of ether oxygens (including phenoxy) is 2. The van der Waals surface area contributed by atoms with Crippen molar-refractivity contribution in [3.8, 4) is 17.4 Å². The lowest BCUT2D eigenvalue weighted by Crippen LogP contribution is -2.23. The number of anilines is 1. The number of halogens is 2. The second-order valence-corrected chi connectivity index (χ2v) is 5.92. The van der Waals surface area contributed by atoms with Crippen molar-refractivity contribution in [3.63, 3.8) is 0 Å². The Bertz CT molecular complexity index is 696. The Labute approximate surface area is 165 Å². The molecule has 0 radical (unpaired) electrons. The van der Waals surface area contributed by atoms with Gasteiger partial charge in [-0.15, -0.1) is 24.8 Å². The van der Waals surface area contributed by atoms with Crippen LogP contribution in [0.25, 0.3) is 0 Å². The van der Waals surface area contributed by atoms with Gasteiger partial charge in [0.1, 0.15) is 11.5 Å². The Morgan fingerprint density at radius 1 is 1.12 bits per heavy atom. The molecule has 1 aliphatic rings. The molecule has 1 amide bonds. The molecule has 2 aromatic rings. The van der Waals surface area contributed by atoms with E-state index in [9.17, 15) is 4.79 Å². The van der Waals surface area contributed by atoms with Crippen molar-refractivity contribution in [1.82, 2.24) is 4.98 Å². The molecule has 0 bridgehead atoms. The highest BCUT2D eigenvalue weighted by Gasteiger charge is 2.27. The van der Waals surface area contributed by atoms with Crippen LogP contribution >= 0.6 is 24.8 Å². The molecule has 26 heavy (non-hydrogen) atoms. The van der Waals surface area contributed by atoms with E-state index in [1.165, 1.54) is 0 Å². The molecule has 0 saturated heterocycles. The van der Waals surface area contributed by atoms with Crippen molar-refractivity contribution in [1.29, 1.82) is 0 Å². The molecule has 3 N–H and O–H groups in total. The Morgan fingerprint density at radius 3 is 2.35 bits per heavy atom. The summed E-state index contributed by atoms with van der Waals surface area (Å²) in [5, 5.41) is 2.88. The SMILES string of the molecule is COc1ccc(Oc2ccc(NC(=O)C3CCC(N)C3)cn2)cc1.Cl.Cl. The summed E-state index contributed by atoms with van der Waals surface area (Å²) in [5.74, 6) is 1.89. The average Bonchev–Trinajstić information content (AvgIpc) is 3.04. The summed E-state index contributed by atoms with van der Waals surface area (Å²) in [6.45, 7) is 0. The Balaban J connectivity index is 0.00000169. The standard InChI is InChI=1S/C18H21N3O3.2ClH/c1-23-15-5-7-16(8-6-15)24-17-9-4-14(11-20-17)21-18(22)12-2-3-13(19)10-12;;/h4-9,11-13H,2-3,10,19H2,1H3,(H,21,22);2*1H. The molecule has 2 atom stereocenters. The fraction of sp³-hybridized carbons (Fsp3) is 0.333. The van der Waals surface area contributed by atoms with Gasteiger partial charge < -0.3 is 20.5 Å². The third kappa shape index (κ3) is 5.76. The van der Waals surface area contributed by atoms with Crippen molar-refractivity contribution in [2.45, 2.75) is 25.3 Å². The molecular weight excluding hydrogens is 377 g/mol. The first-order valence-corrected chi connectivity index (χ1v) is 7.98. The zero-order chi connectivity index (χ0) is 16.9. The summed E-state index contributed by atoms with van der Waals surface area (Å²) in [7, 11) is 1.61. The smallest absolute Gasteiger partial charge is 0.227 e. The topological polar surface area (TPSA) is 86.5 Å². The molecule has 3 rings (SSSR count). The lowest BCUT2D eigenvalue weighted by molar-refractivity contribution is -0.119. The van der Waals surface area contributed by atoms with Gasteiger partial charge in [0.25, 0.3) is 0 Å². The zero-order valence-electron chi connectivity index (χ0n) is 14.4. The number of nitrogens with two attached hydrogens (primary N) is 1. The van der Waals surface area contributed by atoms with Crippen LogP contribution in [0.5, 0.6) is 17.4 Å². The zero-order valence-corrected chi connectivity index (χ0v) is 16.0. The quantitative estimate of drug-likeness (QED) is 0.798. The van der Waals surface area contributed by atoms with Crippen LogP contribution < -0.4 is 20.5 Å². The van der Waals surface area contributed by atoms with Gasteiger partial charge in [0.05, 0.1) is 19.0 Å². The summed E-state index contributed by atoms with van der Waals surface area (Å²) >= 11 is 0. The highest BCUT2D eigenvalue weighted by atomic mass is 35.5. The number of methoxy groups -OCH3 is 1. The first-order valence-electron chi connectivity index (χ1n) is 7.98. The van der Waals surface area contributed by atoms with E-state index in [0.29, 0.717) is 17.3 Å². The van der Waals surface area contributed by atoms with E-state index in [-0.39, 0.29) is 42.7 Å². The predicted molar refractivity (Wildman–Crippen MR) is 106 cm³/mol. The van der Waals surface area contributed by atoms with Crippen LogP contribution in [0.4, 0.5) is 5.69 Å². The van der Waals surface area contributed by atoms with E-state index in [1.54, 1.807) is 37.6 Å². The second-order valence-electron chi connectivity index (χ2n) is 5.92. The highest BCUT2D eigenvalue weighted by molar-refractivity contribution is 5.92. The number of carbonyl (C=O) groups excluding carboxylic acids is 1. The van der Waals surface area contributed by atoms with E-state index >= 15 is 0 Å². The molecule has 1 aliphatic carbocycles. The first kappa shape index (κ1) is 22.0. The molecule has 142 valence electrons. The van der Waals surface area contributed by atoms with Crippen molar-refractivity contribution in [3.05, 3.63) is 42.6 Å². The molecule has 1 heterocycles. The number of pyridine rings is 1. The van der Waals surface area contributed by atoms with E-state index in [2.05, 4.69) is 10.3 Å². The number of carbonyl (C=O) groups is 1. The van der Waals surface area contributed by atoms with E-state index < -0.39 is 0 Å². The maximum atomic E-state index is 12.2. The minimum atomic E-state index is -0.00442. The number of amides is 1. The molecular formula is C18H23Cl2N3O3. The Kier molecular flexibility index (Phi) is 8.65. The minimum absolute atomic E-state index is 0. The van der Waals surface area contributed by atoms with Gasteiger partial charge in [0.2, 0.25) is 11.8 Å². The third-order valence-electron chi connectivity index (χ3n) is 4.13. The highest BCUT2D eigenvalue weighted by Crippen LogP contribution is 2.26. The number of benzene rings is 1. The van der Waals surface area contributed by atoms with Crippen molar-refractivity contribution in [2.24, 2.45) is 11.7 Å². The van der Waals surface area contributed by atoms with Crippen LogP contribution in [0.2, 0.25) is 0 Å². The molecule has 1 aromatic heterocycles. The minimum Gasteiger partial charge on any atom is -0.497 e. The maximum absolute atomic E-state index is 12.2. The van der Waals surface area contributed by atoms with Gasteiger partial charge in [0, 0.05) is 18.0 Å².